The van der Waals surface area contributed by atoms with Crippen molar-refractivity contribution in [1.29, 1.82) is 0 Å². The maximum Gasteiger partial charge on any atom is 0.354 e. The van der Waals surface area contributed by atoms with Crippen LogP contribution in [0.4, 0.5) is 0 Å². The van der Waals surface area contributed by atoms with Gasteiger partial charge < -0.3 is 9.84 Å². The van der Waals surface area contributed by atoms with Crippen molar-refractivity contribution in [2.24, 2.45) is 0 Å². The Hall–Kier alpha value is -2.36. The molecule has 0 bridgehead atoms. The molecule has 1 heterocycles. The Balaban J connectivity index is 2.08. The van der Waals surface area contributed by atoms with Gasteiger partial charge in [0, 0.05) is 0 Å². The Morgan fingerprint density at radius 2 is 1.94 bits per heavy atom. The van der Waals surface area contributed by atoms with E-state index in [1.807, 2.05) is 37.3 Å². The quantitative estimate of drug-likeness (QED) is 0.896. The van der Waals surface area contributed by atoms with Crippen molar-refractivity contribution in [3.05, 3.63) is 59.9 Å². The molecule has 4 nitrogen and oxygen atoms in total. The first-order valence-corrected chi connectivity index (χ1v) is 5.58. The second kappa shape index (κ2) is 5.31. The van der Waals surface area contributed by atoms with Crippen LogP contribution in [0.3, 0.4) is 0 Å². The minimum atomic E-state index is -1.04. The van der Waals surface area contributed by atoms with Crippen LogP contribution in [0.2, 0.25) is 0 Å². The summed E-state index contributed by atoms with van der Waals surface area (Å²) in [6.45, 7) is 1.93. The molecule has 0 saturated heterocycles. The van der Waals surface area contributed by atoms with E-state index >= 15 is 0 Å². The highest BCUT2D eigenvalue weighted by atomic mass is 16.5. The Morgan fingerprint density at radius 3 is 2.50 bits per heavy atom. The number of carboxylic acids is 1. The molecule has 0 spiro atoms. The van der Waals surface area contributed by atoms with Gasteiger partial charge in [0.25, 0.3) is 0 Å². The SMILES string of the molecule is CC(Oc1ccc(C(=O)O)nc1)c1ccccc1. The van der Waals surface area contributed by atoms with Gasteiger partial charge in [0.2, 0.25) is 0 Å². The molecule has 0 radical (unpaired) electrons. The van der Waals surface area contributed by atoms with Crippen molar-refractivity contribution in [2.75, 3.05) is 0 Å². The summed E-state index contributed by atoms with van der Waals surface area (Å²) in [4.78, 5) is 14.5. The lowest BCUT2D eigenvalue weighted by molar-refractivity contribution is 0.0690. The number of carboxylic acid groups (broad SMARTS) is 1. The topological polar surface area (TPSA) is 59.4 Å². The van der Waals surface area contributed by atoms with Gasteiger partial charge in [-0.15, -0.1) is 0 Å². The van der Waals surface area contributed by atoms with Crippen LogP contribution in [-0.2, 0) is 0 Å². The van der Waals surface area contributed by atoms with Gasteiger partial charge in [0.05, 0.1) is 6.20 Å². The van der Waals surface area contributed by atoms with Gasteiger partial charge in [0.15, 0.2) is 0 Å². The number of rotatable bonds is 4. The second-order valence-electron chi connectivity index (χ2n) is 3.86. The van der Waals surface area contributed by atoms with Gasteiger partial charge in [-0.2, -0.15) is 0 Å². The van der Waals surface area contributed by atoms with E-state index in [2.05, 4.69) is 4.98 Å². The van der Waals surface area contributed by atoms with Crippen LogP contribution in [0.1, 0.15) is 29.1 Å². The van der Waals surface area contributed by atoms with Crippen LogP contribution in [-0.4, -0.2) is 16.1 Å². The smallest absolute Gasteiger partial charge is 0.354 e. The summed E-state index contributed by atoms with van der Waals surface area (Å²) in [6, 6.07) is 12.8. The maximum atomic E-state index is 10.7. The molecule has 1 aromatic heterocycles. The molecule has 92 valence electrons. The van der Waals surface area contributed by atoms with Crippen LogP contribution >= 0.6 is 0 Å². The number of aromatic carboxylic acids is 1. The molecular weight excluding hydrogens is 230 g/mol. The summed E-state index contributed by atoms with van der Waals surface area (Å²) in [5, 5.41) is 8.73. The highest BCUT2D eigenvalue weighted by molar-refractivity contribution is 5.85. The molecule has 0 aliphatic rings. The van der Waals surface area contributed by atoms with Crippen molar-refractivity contribution in [1.82, 2.24) is 4.98 Å². The molecular formula is C14H13NO3. The number of hydrogen-bond acceptors (Lipinski definition) is 3. The first kappa shape index (κ1) is 12.1. The molecule has 0 aliphatic heterocycles. The maximum absolute atomic E-state index is 10.7. The van der Waals surface area contributed by atoms with Gasteiger partial charge in [-0.25, -0.2) is 9.78 Å². The van der Waals surface area contributed by atoms with Crippen molar-refractivity contribution >= 4 is 5.97 Å². The zero-order valence-electron chi connectivity index (χ0n) is 9.91. The van der Waals surface area contributed by atoms with E-state index in [9.17, 15) is 4.79 Å². The molecule has 2 rings (SSSR count). The monoisotopic (exact) mass is 243 g/mol. The number of ether oxygens (including phenoxy) is 1. The summed E-state index contributed by atoms with van der Waals surface area (Å²) < 4.78 is 5.68. The predicted molar refractivity (Wildman–Crippen MR) is 66.7 cm³/mol. The lowest BCUT2D eigenvalue weighted by Gasteiger charge is -2.14. The van der Waals surface area contributed by atoms with E-state index in [0.29, 0.717) is 5.75 Å². The number of aromatic nitrogens is 1. The molecule has 0 saturated carbocycles. The molecule has 4 heteroatoms. The third-order valence-corrected chi connectivity index (χ3v) is 2.54. The standard InChI is InChI=1S/C14H13NO3/c1-10(11-5-3-2-4-6-11)18-12-7-8-13(14(16)17)15-9-12/h2-10H,1H3,(H,16,17). The molecule has 0 fully saturated rings. The van der Waals surface area contributed by atoms with Crippen molar-refractivity contribution in [3.8, 4) is 5.75 Å². The first-order chi connectivity index (χ1) is 8.66. The van der Waals surface area contributed by atoms with E-state index in [1.54, 1.807) is 6.07 Å². The average molecular weight is 243 g/mol. The Kier molecular flexibility index (Phi) is 3.57. The highest BCUT2D eigenvalue weighted by Gasteiger charge is 2.08. The summed E-state index contributed by atoms with van der Waals surface area (Å²) in [5.41, 5.74) is 1.06. The highest BCUT2D eigenvalue weighted by Crippen LogP contribution is 2.20. The Morgan fingerprint density at radius 1 is 1.22 bits per heavy atom. The lowest BCUT2D eigenvalue weighted by atomic mass is 10.1. The summed E-state index contributed by atoms with van der Waals surface area (Å²) in [6.07, 6.45) is 1.31. The molecule has 0 aliphatic carbocycles. The van der Waals surface area contributed by atoms with E-state index in [-0.39, 0.29) is 11.8 Å². The van der Waals surface area contributed by atoms with Gasteiger partial charge in [0.1, 0.15) is 17.5 Å². The fourth-order valence-electron chi connectivity index (χ4n) is 1.57. The molecule has 1 atom stereocenters. The van der Waals surface area contributed by atoms with Crippen LogP contribution in [0.15, 0.2) is 48.7 Å². The van der Waals surface area contributed by atoms with Crippen LogP contribution in [0.5, 0.6) is 5.75 Å². The van der Waals surface area contributed by atoms with Crippen LogP contribution < -0.4 is 4.74 Å². The number of benzene rings is 1. The molecule has 1 N–H and O–H groups in total. The van der Waals surface area contributed by atoms with Crippen molar-refractivity contribution in [2.45, 2.75) is 13.0 Å². The van der Waals surface area contributed by atoms with Gasteiger partial charge >= 0.3 is 5.97 Å². The third kappa shape index (κ3) is 2.85. The Bertz CT molecular complexity index is 522. The minimum absolute atomic E-state index is 0.00899. The largest absolute Gasteiger partial charge is 0.484 e. The summed E-state index contributed by atoms with van der Waals surface area (Å²) >= 11 is 0. The van der Waals surface area contributed by atoms with E-state index in [1.165, 1.54) is 12.3 Å². The lowest BCUT2D eigenvalue weighted by Crippen LogP contribution is -2.04. The molecule has 2 aromatic rings. The predicted octanol–water partition coefficient (Wildman–Crippen LogP) is 2.92. The number of carbonyl (C=O) groups is 1. The average Bonchev–Trinajstić information content (AvgIpc) is 2.40. The van der Waals surface area contributed by atoms with Crippen molar-refractivity contribution in [3.63, 3.8) is 0 Å². The second-order valence-corrected chi connectivity index (χ2v) is 3.86. The molecule has 0 amide bonds. The van der Waals surface area contributed by atoms with Crippen LogP contribution in [0, 0.1) is 0 Å². The number of hydrogen-bond donors (Lipinski definition) is 1. The van der Waals surface area contributed by atoms with E-state index < -0.39 is 5.97 Å². The zero-order chi connectivity index (χ0) is 13.0. The van der Waals surface area contributed by atoms with Gasteiger partial charge in [-0.3, -0.25) is 0 Å². The van der Waals surface area contributed by atoms with Gasteiger partial charge in [-0.1, -0.05) is 30.3 Å². The van der Waals surface area contributed by atoms with Crippen LogP contribution in [0.25, 0.3) is 0 Å². The molecule has 18 heavy (non-hydrogen) atoms. The first-order valence-electron chi connectivity index (χ1n) is 5.58. The van der Waals surface area contributed by atoms with Crippen molar-refractivity contribution < 1.29 is 14.6 Å². The van der Waals surface area contributed by atoms with E-state index in [0.717, 1.165) is 5.56 Å². The molecule has 1 aromatic carbocycles. The summed E-state index contributed by atoms with van der Waals surface area (Å²) in [7, 11) is 0. The minimum Gasteiger partial charge on any atom is -0.484 e. The van der Waals surface area contributed by atoms with Gasteiger partial charge in [-0.05, 0) is 24.6 Å². The Labute approximate surface area is 105 Å². The van der Waals surface area contributed by atoms with E-state index in [4.69, 9.17) is 9.84 Å². The zero-order valence-corrected chi connectivity index (χ0v) is 9.91. The third-order valence-electron chi connectivity index (χ3n) is 2.54. The normalized spacial score (nSPS) is 11.8. The summed E-state index contributed by atoms with van der Waals surface area (Å²) in [5.74, 6) is -0.492. The number of nitrogens with zero attached hydrogens (tertiary/aromatic N) is 1. The fourth-order valence-corrected chi connectivity index (χ4v) is 1.57. The fraction of sp³-hybridized carbons (Fsp3) is 0.143. The molecule has 1 unspecified atom stereocenters. The number of pyridine rings is 1.